The van der Waals surface area contributed by atoms with E-state index >= 15 is 0 Å². The van der Waals surface area contributed by atoms with Gasteiger partial charge in [-0.3, -0.25) is 0 Å². The maximum atomic E-state index is 10.2. The molecule has 1 fully saturated rings. The van der Waals surface area contributed by atoms with Gasteiger partial charge in [-0.15, -0.1) is 5.10 Å². The van der Waals surface area contributed by atoms with Crippen LogP contribution < -0.4 is 0 Å². The van der Waals surface area contributed by atoms with Gasteiger partial charge in [-0.25, -0.2) is 4.68 Å². The lowest BCUT2D eigenvalue weighted by Crippen LogP contribution is -2.20. The second-order valence-electron chi connectivity index (χ2n) is 4.96. The number of ether oxygens (including phenoxy) is 1. The lowest BCUT2D eigenvalue weighted by atomic mass is 10.0. The quantitative estimate of drug-likeness (QED) is 0.843. The number of hydrogen-bond donors (Lipinski definition) is 1. The van der Waals surface area contributed by atoms with Crippen LogP contribution in [0.3, 0.4) is 0 Å². The normalized spacial score (nSPS) is 22.0. The van der Waals surface area contributed by atoms with E-state index in [1.165, 1.54) is 12.8 Å². The van der Waals surface area contributed by atoms with Gasteiger partial charge in [0.25, 0.3) is 0 Å². The van der Waals surface area contributed by atoms with E-state index in [4.69, 9.17) is 4.74 Å². The first-order chi connectivity index (χ1) is 8.81. The summed E-state index contributed by atoms with van der Waals surface area (Å²) in [6.45, 7) is 3.77. The average Bonchev–Trinajstić information content (AvgIpc) is 2.86. The molecule has 18 heavy (non-hydrogen) atoms. The lowest BCUT2D eigenvalue weighted by Gasteiger charge is -2.23. The first-order valence-electron chi connectivity index (χ1n) is 6.99. The number of aliphatic hydroxyl groups is 1. The second-order valence-corrected chi connectivity index (χ2v) is 4.96. The summed E-state index contributed by atoms with van der Waals surface area (Å²) in [4.78, 5) is 0. The van der Waals surface area contributed by atoms with E-state index in [9.17, 15) is 5.11 Å². The van der Waals surface area contributed by atoms with Crippen LogP contribution in [0, 0.1) is 0 Å². The van der Waals surface area contributed by atoms with Crippen molar-refractivity contribution in [2.45, 2.75) is 64.2 Å². The molecule has 1 aromatic rings. The summed E-state index contributed by atoms with van der Waals surface area (Å²) in [7, 11) is 0. The molecule has 102 valence electrons. The third-order valence-electron chi connectivity index (χ3n) is 3.46. The minimum Gasteiger partial charge on any atom is -0.387 e. The van der Waals surface area contributed by atoms with Crippen LogP contribution in [0.15, 0.2) is 6.20 Å². The third kappa shape index (κ3) is 3.53. The van der Waals surface area contributed by atoms with Crippen LogP contribution in [0.5, 0.6) is 0 Å². The molecule has 0 aromatic carbocycles. The fourth-order valence-corrected chi connectivity index (χ4v) is 2.44. The van der Waals surface area contributed by atoms with Crippen LogP contribution in [-0.4, -0.2) is 32.8 Å². The summed E-state index contributed by atoms with van der Waals surface area (Å²) in [5.74, 6) is 0. The zero-order valence-corrected chi connectivity index (χ0v) is 11.1. The monoisotopic (exact) mass is 253 g/mol. The van der Waals surface area contributed by atoms with Crippen molar-refractivity contribution in [1.82, 2.24) is 15.0 Å². The third-order valence-corrected chi connectivity index (χ3v) is 3.46. The number of hydrogen-bond acceptors (Lipinski definition) is 4. The molecule has 2 rings (SSSR count). The summed E-state index contributed by atoms with van der Waals surface area (Å²) in [5, 5.41) is 18.1. The Balaban J connectivity index is 1.82. The predicted octanol–water partition coefficient (Wildman–Crippen LogP) is 2.07. The molecule has 2 atom stereocenters. The van der Waals surface area contributed by atoms with Crippen molar-refractivity contribution in [1.29, 1.82) is 0 Å². The molecule has 2 unspecified atom stereocenters. The van der Waals surface area contributed by atoms with Gasteiger partial charge >= 0.3 is 0 Å². The predicted molar refractivity (Wildman–Crippen MR) is 68.1 cm³/mol. The van der Waals surface area contributed by atoms with E-state index in [1.54, 1.807) is 10.9 Å². The van der Waals surface area contributed by atoms with Crippen LogP contribution >= 0.6 is 0 Å². The Kier molecular flexibility index (Phi) is 5.13. The van der Waals surface area contributed by atoms with Crippen molar-refractivity contribution in [3.8, 4) is 0 Å². The molecule has 1 aliphatic heterocycles. The van der Waals surface area contributed by atoms with Gasteiger partial charge in [0.1, 0.15) is 0 Å². The van der Waals surface area contributed by atoms with Gasteiger partial charge in [-0.1, -0.05) is 12.1 Å². The molecule has 1 saturated heterocycles. The smallest absolute Gasteiger partial charge is 0.0974 e. The summed E-state index contributed by atoms with van der Waals surface area (Å²) in [5.41, 5.74) is 0.827. The van der Waals surface area contributed by atoms with Crippen molar-refractivity contribution in [3.63, 3.8) is 0 Å². The molecule has 0 radical (unpaired) electrons. The first-order valence-corrected chi connectivity index (χ1v) is 6.99. The number of aliphatic hydroxyl groups excluding tert-OH is 1. The summed E-state index contributed by atoms with van der Waals surface area (Å²) >= 11 is 0. The fraction of sp³-hybridized carbons (Fsp3) is 0.846. The van der Waals surface area contributed by atoms with Gasteiger partial charge in [0.05, 0.1) is 24.1 Å². The van der Waals surface area contributed by atoms with Gasteiger partial charge in [-0.2, -0.15) is 0 Å². The standard InChI is InChI=1S/C13H23N3O2/c1-2-8-16-12(10-14-15-16)13(17)7-6-11-5-3-4-9-18-11/h10-11,13,17H,2-9H2,1H3. The molecule has 1 aliphatic rings. The van der Waals surface area contributed by atoms with Crippen LogP contribution in [0.1, 0.15) is 57.2 Å². The number of nitrogens with zero attached hydrogens (tertiary/aromatic N) is 3. The molecule has 0 bridgehead atoms. The van der Waals surface area contributed by atoms with Crippen LogP contribution in [-0.2, 0) is 11.3 Å². The number of aryl methyl sites for hydroxylation is 1. The largest absolute Gasteiger partial charge is 0.387 e. The zero-order valence-electron chi connectivity index (χ0n) is 11.1. The van der Waals surface area contributed by atoms with Gasteiger partial charge < -0.3 is 9.84 Å². The SMILES string of the molecule is CCCn1nncc1C(O)CCC1CCCCO1. The fourth-order valence-electron chi connectivity index (χ4n) is 2.44. The molecular weight excluding hydrogens is 230 g/mol. The van der Waals surface area contributed by atoms with Crippen molar-refractivity contribution in [2.75, 3.05) is 6.61 Å². The highest BCUT2D eigenvalue weighted by atomic mass is 16.5. The Bertz CT molecular complexity index is 348. The minimum atomic E-state index is -0.475. The van der Waals surface area contributed by atoms with Crippen molar-refractivity contribution < 1.29 is 9.84 Å². The average molecular weight is 253 g/mol. The Morgan fingerprint density at radius 3 is 3.17 bits per heavy atom. The minimum absolute atomic E-state index is 0.323. The highest BCUT2D eigenvalue weighted by Crippen LogP contribution is 2.23. The Labute approximate surface area is 108 Å². The molecule has 0 spiro atoms. The highest BCUT2D eigenvalue weighted by Gasteiger charge is 2.18. The van der Waals surface area contributed by atoms with E-state index in [0.717, 1.165) is 44.5 Å². The van der Waals surface area contributed by atoms with Gasteiger partial charge in [0.15, 0.2) is 0 Å². The van der Waals surface area contributed by atoms with Crippen LogP contribution in [0.2, 0.25) is 0 Å². The summed E-state index contributed by atoms with van der Waals surface area (Å²) in [6.07, 6.45) is 7.69. The van der Waals surface area contributed by atoms with E-state index in [1.807, 2.05) is 0 Å². The molecule has 5 heteroatoms. The van der Waals surface area contributed by atoms with E-state index in [-0.39, 0.29) is 0 Å². The van der Waals surface area contributed by atoms with Crippen molar-refractivity contribution in [3.05, 3.63) is 11.9 Å². The molecule has 5 nitrogen and oxygen atoms in total. The summed E-state index contributed by atoms with van der Waals surface area (Å²) in [6, 6.07) is 0. The molecule has 0 amide bonds. The summed E-state index contributed by atoms with van der Waals surface area (Å²) < 4.78 is 7.47. The molecule has 0 saturated carbocycles. The number of rotatable bonds is 6. The molecular formula is C13H23N3O2. The van der Waals surface area contributed by atoms with Crippen molar-refractivity contribution >= 4 is 0 Å². The molecule has 0 aliphatic carbocycles. The maximum absolute atomic E-state index is 10.2. The van der Waals surface area contributed by atoms with Crippen molar-refractivity contribution in [2.24, 2.45) is 0 Å². The molecule has 1 N–H and O–H groups in total. The lowest BCUT2D eigenvalue weighted by molar-refractivity contribution is 0.00153. The second kappa shape index (κ2) is 6.85. The van der Waals surface area contributed by atoms with Gasteiger partial charge in [0.2, 0.25) is 0 Å². The van der Waals surface area contributed by atoms with Gasteiger partial charge in [0, 0.05) is 13.2 Å². The molecule has 1 aromatic heterocycles. The molecule has 2 heterocycles. The van der Waals surface area contributed by atoms with E-state index in [0.29, 0.717) is 6.10 Å². The zero-order chi connectivity index (χ0) is 12.8. The Hall–Kier alpha value is -0.940. The highest BCUT2D eigenvalue weighted by molar-refractivity contribution is 4.98. The first kappa shape index (κ1) is 13.5. The van der Waals surface area contributed by atoms with Crippen LogP contribution in [0.4, 0.5) is 0 Å². The number of aromatic nitrogens is 3. The van der Waals surface area contributed by atoms with Gasteiger partial charge in [-0.05, 0) is 38.5 Å². The van der Waals surface area contributed by atoms with E-state index < -0.39 is 6.10 Å². The van der Waals surface area contributed by atoms with Crippen LogP contribution in [0.25, 0.3) is 0 Å². The Morgan fingerprint density at radius 1 is 1.56 bits per heavy atom. The topological polar surface area (TPSA) is 60.2 Å². The Morgan fingerprint density at radius 2 is 2.44 bits per heavy atom. The van der Waals surface area contributed by atoms with E-state index in [2.05, 4.69) is 17.2 Å². The maximum Gasteiger partial charge on any atom is 0.0974 e.